The van der Waals surface area contributed by atoms with Crippen molar-refractivity contribution in [3.8, 4) is 0 Å². The van der Waals surface area contributed by atoms with E-state index in [1.807, 2.05) is 6.92 Å². The fourth-order valence-corrected chi connectivity index (χ4v) is 1.71. The molecule has 0 bridgehead atoms. The molecular formula is C15H22O4. The molecule has 4 nitrogen and oxygen atoms in total. The topological polar surface area (TPSA) is 40.2 Å². The molecule has 1 rings (SSSR count). The molecule has 1 fully saturated rings. The Morgan fingerprint density at radius 2 is 1.47 bits per heavy atom. The molecule has 106 valence electrons. The van der Waals surface area contributed by atoms with E-state index < -0.39 is 11.8 Å². The SMILES string of the molecule is C=CCOC1(OCC=C)OC1(OCC=C)C(=C)CC. The Kier molecular flexibility index (Phi) is 5.69. The monoisotopic (exact) mass is 266 g/mol. The Hall–Kier alpha value is -1.20. The maximum atomic E-state index is 5.69. The lowest BCUT2D eigenvalue weighted by Crippen LogP contribution is -2.36. The molecule has 0 radical (unpaired) electrons. The van der Waals surface area contributed by atoms with Gasteiger partial charge in [0.1, 0.15) is 0 Å². The van der Waals surface area contributed by atoms with Crippen molar-refractivity contribution in [2.24, 2.45) is 0 Å². The first-order valence-electron chi connectivity index (χ1n) is 6.25. The van der Waals surface area contributed by atoms with E-state index in [1.165, 1.54) is 0 Å². The molecule has 1 unspecified atom stereocenters. The number of rotatable bonds is 11. The number of hydrogen-bond acceptors (Lipinski definition) is 4. The van der Waals surface area contributed by atoms with Gasteiger partial charge in [0.15, 0.2) is 0 Å². The number of hydrogen-bond donors (Lipinski definition) is 0. The molecule has 0 aliphatic carbocycles. The van der Waals surface area contributed by atoms with Crippen molar-refractivity contribution in [2.75, 3.05) is 19.8 Å². The number of epoxide rings is 1. The Morgan fingerprint density at radius 1 is 1.00 bits per heavy atom. The van der Waals surface area contributed by atoms with Gasteiger partial charge in [-0.2, -0.15) is 0 Å². The zero-order valence-electron chi connectivity index (χ0n) is 11.5. The molecule has 0 saturated carbocycles. The summed E-state index contributed by atoms with van der Waals surface area (Å²) in [5.41, 5.74) is 0.752. The van der Waals surface area contributed by atoms with Crippen LogP contribution >= 0.6 is 0 Å². The Morgan fingerprint density at radius 3 is 1.89 bits per heavy atom. The summed E-state index contributed by atoms with van der Waals surface area (Å²) in [5, 5.41) is 0. The van der Waals surface area contributed by atoms with Gasteiger partial charge in [-0.15, -0.1) is 19.7 Å². The van der Waals surface area contributed by atoms with Gasteiger partial charge in [-0.1, -0.05) is 31.7 Å². The van der Waals surface area contributed by atoms with Gasteiger partial charge < -0.3 is 14.2 Å². The predicted octanol–water partition coefficient (Wildman–Crippen LogP) is 2.94. The smallest absolute Gasteiger partial charge is 0.336 e. The zero-order valence-corrected chi connectivity index (χ0v) is 11.5. The van der Waals surface area contributed by atoms with E-state index in [2.05, 4.69) is 26.3 Å². The summed E-state index contributed by atoms with van der Waals surface area (Å²) in [6, 6.07) is 0. The van der Waals surface area contributed by atoms with Gasteiger partial charge in [-0.05, 0) is 12.0 Å². The quantitative estimate of drug-likeness (QED) is 0.327. The molecule has 0 aromatic heterocycles. The van der Waals surface area contributed by atoms with Crippen LogP contribution in [0.2, 0.25) is 0 Å². The van der Waals surface area contributed by atoms with Crippen LogP contribution < -0.4 is 0 Å². The third-order valence-corrected chi connectivity index (χ3v) is 2.72. The molecular weight excluding hydrogens is 244 g/mol. The third kappa shape index (κ3) is 3.04. The van der Waals surface area contributed by atoms with Crippen molar-refractivity contribution >= 4 is 0 Å². The van der Waals surface area contributed by atoms with E-state index >= 15 is 0 Å². The van der Waals surface area contributed by atoms with Crippen molar-refractivity contribution in [2.45, 2.75) is 25.1 Å². The number of ether oxygens (including phenoxy) is 4. The van der Waals surface area contributed by atoms with Crippen LogP contribution in [0.1, 0.15) is 13.3 Å². The van der Waals surface area contributed by atoms with Crippen LogP contribution in [0.3, 0.4) is 0 Å². The third-order valence-electron chi connectivity index (χ3n) is 2.72. The van der Waals surface area contributed by atoms with E-state index in [9.17, 15) is 0 Å². The van der Waals surface area contributed by atoms with Crippen LogP contribution in [0.4, 0.5) is 0 Å². The first kappa shape index (κ1) is 15.9. The van der Waals surface area contributed by atoms with Crippen molar-refractivity contribution in [1.29, 1.82) is 0 Å². The average molecular weight is 266 g/mol. The maximum absolute atomic E-state index is 5.69. The van der Waals surface area contributed by atoms with Crippen LogP contribution in [0, 0.1) is 0 Å². The van der Waals surface area contributed by atoms with Crippen molar-refractivity contribution < 1.29 is 18.9 Å². The molecule has 0 N–H and O–H groups in total. The average Bonchev–Trinajstić information content (AvgIpc) is 3.09. The molecule has 4 heteroatoms. The molecule has 1 saturated heterocycles. The van der Waals surface area contributed by atoms with Crippen molar-refractivity contribution in [1.82, 2.24) is 0 Å². The van der Waals surface area contributed by atoms with Crippen LogP contribution in [0.15, 0.2) is 50.1 Å². The summed E-state index contributed by atoms with van der Waals surface area (Å²) in [7, 11) is 0. The summed E-state index contributed by atoms with van der Waals surface area (Å²) in [4.78, 5) is 0. The van der Waals surface area contributed by atoms with Crippen LogP contribution in [0.25, 0.3) is 0 Å². The van der Waals surface area contributed by atoms with Crippen LogP contribution in [0.5, 0.6) is 0 Å². The molecule has 19 heavy (non-hydrogen) atoms. The molecule has 1 atom stereocenters. The minimum Gasteiger partial charge on any atom is -0.336 e. The second-order valence-electron chi connectivity index (χ2n) is 4.03. The summed E-state index contributed by atoms with van der Waals surface area (Å²) in [6.45, 7) is 17.7. The van der Waals surface area contributed by atoms with Gasteiger partial charge in [0, 0.05) is 0 Å². The summed E-state index contributed by atoms with van der Waals surface area (Å²) < 4.78 is 22.5. The molecule has 0 amide bonds. The lowest BCUT2D eigenvalue weighted by atomic mass is 10.1. The van der Waals surface area contributed by atoms with Gasteiger partial charge in [0.2, 0.25) is 0 Å². The van der Waals surface area contributed by atoms with E-state index in [0.717, 1.165) is 5.57 Å². The fourth-order valence-electron chi connectivity index (χ4n) is 1.71. The van der Waals surface area contributed by atoms with Crippen molar-refractivity contribution in [3.05, 3.63) is 50.1 Å². The van der Waals surface area contributed by atoms with E-state index in [-0.39, 0.29) is 13.2 Å². The molecule has 0 aromatic rings. The van der Waals surface area contributed by atoms with Crippen molar-refractivity contribution in [3.63, 3.8) is 0 Å². The lowest BCUT2D eigenvalue weighted by Gasteiger charge is -2.20. The normalized spacial score (nSPS) is 23.6. The Labute approximate surface area is 115 Å². The highest BCUT2D eigenvalue weighted by molar-refractivity contribution is 5.21. The minimum absolute atomic E-state index is 0.285. The van der Waals surface area contributed by atoms with Gasteiger partial charge in [-0.3, -0.25) is 4.74 Å². The summed E-state index contributed by atoms with van der Waals surface area (Å²) in [6.07, 6.45) is 5.56. The van der Waals surface area contributed by atoms with E-state index in [1.54, 1.807) is 18.2 Å². The predicted molar refractivity (Wildman–Crippen MR) is 74.4 cm³/mol. The summed E-state index contributed by atoms with van der Waals surface area (Å²) >= 11 is 0. The second-order valence-corrected chi connectivity index (χ2v) is 4.03. The molecule has 0 aromatic carbocycles. The van der Waals surface area contributed by atoms with Gasteiger partial charge in [0.05, 0.1) is 19.8 Å². The highest BCUT2D eigenvalue weighted by Gasteiger charge is 2.77. The maximum Gasteiger partial charge on any atom is 0.348 e. The lowest BCUT2D eigenvalue weighted by molar-refractivity contribution is -0.225. The standard InChI is InChI=1S/C15H22O4/c1-6-10-16-14(13(5)9-4)15(19-14,17-11-7-2)18-12-8-3/h6-8H,1-3,5,9-12H2,4H3. The first-order valence-corrected chi connectivity index (χ1v) is 6.25. The van der Waals surface area contributed by atoms with Gasteiger partial charge in [0.25, 0.3) is 5.79 Å². The summed E-state index contributed by atoms with van der Waals surface area (Å²) in [5.74, 6) is -2.35. The highest BCUT2D eigenvalue weighted by Crippen LogP contribution is 2.55. The van der Waals surface area contributed by atoms with E-state index in [4.69, 9.17) is 18.9 Å². The molecule has 1 heterocycles. The zero-order chi connectivity index (χ0) is 14.4. The van der Waals surface area contributed by atoms with Gasteiger partial charge >= 0.3 is 5.97 Å². The fraction of sp³-hybridized carbons (Fsp3) is 0.467. The molecule has 1 aliphatic rings. The minimum atomic E-state index is -1.27. The molecule has 0 spiro atoms. The largest absolute Gasteiger partial charge is 0.348 e. The van der Waals surface area contributed by atoms with E-state index in [0.29, 0.717) is 13.0 Å². The van der Waals surface area contributed by atoms with Crippen LogP contribution in [-0.2, 0) is 18.9 Å². The van der Waals surface area contributed by atoms with Crippen LogP contribution in [-0.4, -0.2) is 31.6 Å². The Bertz CT molecular complexity index is 349. The highest BCUT2D eigenvalue weighted by atomic mass is 17.0. The Balaban J connectivity index is 2.89. The van der Waals surface area contributed by atoms with Gasteiger partial charge in [-0.25, -0.2) is 0 Å². The second kappa shape index (κ2) is 6.82. The first-order chi connectivity index (χ1) is 9.12. The molecule has 1 aliphatic heterocycles.